The lowest BCUT2D eigenvalue weighted by atomic mass is 9.87. The van der Waals surface area contributed by atoms with Crippen molar-refractivity contribution in [2.75, 3.05) is 0 Å². The summed E-state index contributed by atoms with van der Waals surface area (Å²) in [6.07, 6.45) is -0.661. The molecule has 0 aromatic carbocycles. The first-order chi connectivity index (χ1) is 11.5. The van der Waals surface area contributed by atoms with Gasteiger partial charge in [0.05, 0.1) is 17.7 Å². The Hall–Kier alpha value is -1.29. The van der Waals surface area contributed by atoms with Gasteiger partial charge in [-0.1, -0.05) is 6.92 Å². The lowest BCUT2D eigenvalue weighted by Crippen LogP contribution is -2.37. The lowest BCUT2D eigenvalue weighted by Gasteiger charge is -2.32. The van der Waals surface area contributed by atoms with Crippen LogP contribution in [0.2, 0.25) is 0 Å². The minimum Gasteiger partial charge on any atom is -0.390 e. The summed E-state index contributed by atoms with van der Waals surface area (Å²) in [5.74, 6) is -0.546. The maximum atomic E-state index is 11.9. The number of aliphatic hydroxyl groups is 2. The van der Waals surface area contributed by atoms with Crippen LogP contribution in [0.4, 0.5) is 0 Å². The van der Waals surface area contributed by atoms with Crippen LogP contribution in [0.1, 0.15) is 39.2 Å². The standard InChI is InChI=1S/C14H23N2O8P/c1-3-14(2,24-25(21,22)23)7-8-6-9(12(19)11(8)18)16-5-4-10(17)15-13(16)20/h4-5,8-9,11-12,18-19H,3,6-7H2,1-2H3,(H,15,17,20)(H2,21,22,23)/t8-,9-,11-,12+,14?/m1/s1. The Morgan fingerprint density at radius 3 is 2.52 bits per heavy atom. The zero-order valence-corrected chi connectivity index (χ0v) is 14.8. The molecular formula is C14H23N2O8P. The molecule has 1 aromatic rings. The molecule has 5 N–H and O–H groups in total. The predicted molar refractivity (Wildman–Crippen MR) is 86.9 cm³/mol. The number of aromatic amines is 1. The van der Waals surface area contributed by atoms with Crippen molar-refractivity contribution in [2.24, 2.45) is 5.92 Å². The summed E-state index contributed by atoms with van der Waals surface area (Å²) in [6, 6.07) is 0.376. The van der Waals surface area contributed by atoms with E-state index in [0.29, 0.717) is 0 Å². The van der Waals surface area contributed by atoms with Crippen LogP contribution in [0.15, 0.2) is 21.9 Å². The van der Waals surface area contributed by atoms with Gasteiger partial charge in [-0.15, -0.1) is 0 Å². The highest BCUT2D eigenvalue weighted by atomic mass is 31.2. The minimum absolute atomic E-state index is 0.0848. The Balaban J connectivity index is 2.23. The maximum Gasteiger partial charge on any atom is 0.470 e. The number of hydrogen-bond donors (Lipinski definition) is 5. The summed E-state index contributed by atoms with van der Waals surface area (Å²) in [4.78, 5) is 43.3. The summed E-state index contributed by atoms with van der Waals surface area (Å²) >= 11 is 0. The van der Waals surface area contributed by atoms with Gasteiger partial charge in [0.15, 0.2) is 0 Å². The van der Waals surface area contributed by atoms with Crippen molar-refractivity contribution in [1.82, 2.24) is 9.55 Å². The van der Waals surface area contributed by atoms with E-state index in [1.54, 1.807) is 6.92 Å². The predicted octanol–water partition coefficient (Wildman–Crippen LogP) is -0.512. The molecule has 0 amide bonds. The Labute approximate surface area is 143 Å². The zero-order valence-electron chi connectivity index (χ0n) is 13.9. The van der Waals surface area contributed by atoms with Gasteiger partial charge < -0.3 is 20.0 Å². The van der Waals surface area contributed by atoms with Gasteiger partial charge >= 0.3 is 13.5 Å². The molecule has 1 aliphatic rings. The van der Waals surface area contributed by atoms with Crippen molar-refractivity contribution < 1.29 is 29.1 Å². The van der Waals surface area contributed by atoms with Crippen molar-refractivity contribution in [3.63, 3.8) is 0 Å². The van der Waals surface area contributed by atoms with E-state index in [1.165, 1.54) is 13.1 Å². The number of aromatic nitrogens is 2. The monoisotopic (exact) mass is 378 g/mol. The van der Waals surface area contributed by atoms with Gasteiger partial charge in [0.1, 0.15) is 6.10 Å². The third-order valence-electron chi connectivity index (χ3n) is 4.76. The summed E-state index contributed by atoms with van der Waals surface area (Å²) in [5, 5.41) is 20.6. The molecule has 11 heteroatoms. The van der Waals surface area contributed by atoms with Crippen molar-refractivity contribution in [3.05, 3.63) is 33.1 Å². The molecule has 142 valence electrons. The summed E-state index contributed by atoms with van der Waals surface area (Å²) in [7, 11) is -4.72. The van der Waals surface area contributed by atoms with Crippen LogP contribution in [0.5, 0.6) is 0 Å². The molecule has 25 heavy (non-hydrogen) atoms. The van der Waals surface area contributed by atoms with Crippen molar-refractivity contribution >= 4 is 7.82 Å². The number of aliphatic hydroxyl groups excluding tert-OH is 2. The van der Waals surface area contributed by atoms with Crippen LogP contribution >= 0.6 is 7.82 Å². The summed E-state index contributed by atoms with van der Waals surface area (Å²) < 4.78 is 17.2. The highest BCUT2D eigenvalue weighted by molar-refractivity contribution is 7.46. The van der Waals surface area contributed by atoms with Gasteiger partial charge in [-0.05, 0) is 32.1 Å². The SMILES string of the molecule is CCC(C)(C[C@H]1C[C@@H](n2ccc(=O)[nH]c2=O)[C@H](O)[C@@H]1O)OP(=O)(O)O. The van der Waals surface area contributed by atoms with E-state index < -0.39 is 48.8 Å². The summed E-state index contributed by atoms with van der Waals surface area (Å²) in [5.41, 5.74) is -2.47. The van der Waals surface area contributed by atoms with E-state index in [-0.39, 0.29) is 19.3 Å². The first kappa shape index (κ1) is 20.0. The Morgan fingerprint density at radius 2 is 2.00 bits per heavy atom. The Bertz CT molecular complexity index is 771. The lowest BCUT2D eigenvalue weighted by molar-refractivity contribution is -0.0242. The molecule has 1 saturated carbocycles. The van der Waals surface area contributed by atoms with Crippen molar-refractivity contribution in [2.45, 2.75) is 57.0 Å². The van der Waals surface area contributed by atoms with Gasteiger partial charge in [-0.2, -0.15) is 0 Å². The number of hydrogen-bond acceptors (Lipinski definition) is 6. The number of phosphoric ester groups is 1. The quantitative estimate of drug-likeness (QED) is 0.413. The zero-order chi connectivity index (χ0) is 19.0. The van der Waals surface area contributed by atoms with Gasteiger partial charge in [-0.3, -0.25) is 18.9 Å². The van der Waals surface area contributed by atoms with Crippen LogP contribution in [0, 0.1) is 5.92 Å². The molecule has 1 aromatic heterocycles. The van der Waals surface area contributed by atoms with E-state index in [2.05, 4.69) is 4.98 Å². The van der Waals surface area contributed by atoms with Crippen LogP contribution < -0.4 is 11.2 Å². The molecule has 1 unspecified atom stereocenters. The van der Waals surface area contributed by atoms with E-state index in [4.69, 9.17) is 14.3 Å². The number of nitrogens with zero attached hydrogens (tertiary/aromatic N) is 1. The third kappa shape index (κ3) is 4.66. The Morgan fingerprint density at radius 1 is 1.36 bits per heavy atom. The van der Waals surface area contributed by atoms with Crippen molar-refractivity contribution in [1.29, 1.82) is 0 Å². The molecule has 10 nitrogen and oxygen atoms in total. The molecule has 0 radical (unpaired) electrons. The fraction of sp³-hybridized carbons (Fsp3) is 0.714. The van der Waals surface area contributed by atoms with Gasteiger partial charge in [0.25, 0.3) is 5.56 Å². The molecular weight excluding hydrogens is 355 g/mol. The van der Waals surface area contributed by atoms with Gasteiger partial charge in [-0.25, -0.2) is 9.36 Å². The average Bonchev–Trinajstić information content (AvgIpc) is 2.74. The molecule has 1 heterocycles. The molecule has 0 saturated heterocycles. The van der Waals surface area contributed by atoms with Crippen molar-refractivity contribution in [3.8, 4) is 0 Å². The number of rotatable bonds is 6. The van der Waals surface area contributed by atoms with Crippen LogP contribution in [0.3, 0.4) is 0 Å². The van der Waals surface area contributed by atoms with Crippen LogP contribution in [-0.4, -0.2) is 47.4 Å². The fourth-order valence-corrected chi connectivity index (χ4v) is 4.13. The molecule has 0 aliphatic heterocycles. The molecule has 5 atom stereocenters. The maximum absolute atomic E-state index is 11.9. The largest absolute Gasteiger partial charge is 0.470 e. The second kappa shape index (κ2) is 7.14. The summed E-state index contributed by atoms with van der Waals surface area (Å²) in [6.45, 7) is 3.21. The van der Waals surface area contributed by atoms with Gasteiger partial charge in [0.2, 0.25) is 0 Å². The van der Waals surface area contributed by atoms with E-state index in [0.717, 1.165) is 10.6 Å². The number of nitrogens with one attached hydrogen (secondary N) is 1. The molecule has 0 spiro atoms. The van der Waals surface area contributed by atoms with Crippen LogP contribution in [-0.2, 0) is 9.09 Å². The molecule has 1 aliphatic carbocycles. The molecule has 0 bridgehead atoms. The topological polar surface area (TPSA) is 162 Å². The second-order valence-electron chi connectivity index (χ2n) is 6.65. The Kier molecular flexibility index (Phi) is 5.72. The second-order valence-corrected chi connectivity index (χ2v) is 7.81. The number of H-pyrrole nitrogens is 1. The highest BCUT2D eigenvalue weighted by Gasteiger charge is 2.46. The highest BCUT2D eigenvalue weighted by Crippen LogP contribution is 2.47. The molecule has 1 fully saturated rings. The van der Waals surface area contributed by atoms with Gasteiger partial charge in [0, 0.05) is 12.3 Å². The number of phosphoric acid groups is 1. The first-order valence-corrected chi connectivity index (χ1v) is 9.43. The normalized spacial score (nSPS) is 29.5. The van der Waals surface area contributed by atoms with E-state index in [9.17, 15) is 24.4 Å². The van der Waals surface area contributed by atoms with Crippen LogP contribution in [0.25, 0.3) is 0 Å². The third-order valence-corrected chi connectivity index (χ3v) is 5.44. The minimum atomic E-state index is -4.72. The first-order valence-electron chi connectivity index (χ1n) is 7.89. The average molecular weight is 378 g/mol. The molecule has 2 rings (SSSR count). The van der Waals surface area contributed by atoms with E-state index >= 15 is 0 Å². The van der Waals surface area contributed by atoms with E-state index in [1.807, 2.05) is 0 Å². The fourth-order valence-electron chi connectivity index (χ4n) is 3.35. The smallest absolute Gasteiger partial charge is 0.390 e.